The van der Waals surface area contributed by atoms with Crippen molar-refractivity contribution in [1.29, 1.82) is 0 Å². The SMILES string of the molecule is Cc1ccc(N2CC[C@@H]3O[C@@H](c4ccncn4)C[C@H]3C2)nn1. The highest BCUT2D eigenvalue weighted by Crippen LogP contribution is 2.40. The molecule has 2 aliphatic heterocycles. The monoisotopic (exact) mass is 297 g/mol. The number of piperidine rings is 1. The molecule has 0 aliphatic carbocycles. The molecule has 0 bridgehead atoms. The molecule has 2 saturated heterocycles. The first kappa shape index (κ1) is 13.6. The molecule has 6 heteroatoms. The molecule has 2 aromatic heterocycles. The predicted molar refractivity (Wildman–Crippen MR) is 81.4 cm³/mol. The van der Waals surface area contributed by atoms with Crippen LogP contribution in [-0.4, -0.2) is 39.4 Å². The van der Waals surface area contributed by atoms with Crippen LogP contribution >= 0.6 is 0 Å². The number of hydrogen-bond donors (Lipinski definition) is 0. The molecule has 0 amide bonds. The van der Waals surface area contributed by atoms with Gasteiger partial charge in [0.1, 0.15) is 12.4 Å². The number of hydrogen-bond acceptors (Lipinski definition) is 6. The summed E-state index contributed by atoms with van der Waals surface area (Å²) < 4.78 is 6.20. The van der Waals surface area contributed by atoms with Crippen molar-refractivity contribution in [2.75, 3.05) is 18.0 Å². The normalized spacial score (nSPS) is 27.7. The predicted octanol–water partition coefficient (Wildman–Crippen LogP) is 1.93. The molecule has 3 atom stereocenters. The highest BCUT2D eigenvalue weighted by atomic mass is 16.5. The molecule has 6 nitrogen and oxygen atoms in total. The van der Waals surface area contributed by atoms with E-state index in [0.717, 1.165) is 43.1 Å². The van der Waals surface area contributed by atoms with Crippen molar-refractivity contribution in [3.05, 3.63) is 42.1 Å². The fourth-order valence-electron chi connectivity index (χ4n) is 3.41. The van der Waals surface area contributed by atoms with Crippen molar-refractivity contribution in [2.24, 2.45) is 5.92 Å². The van der Waals surface area contributed by atoms with E-state index in [4.69, 9.17) is 4.74 Å². The number of ether oxygens (including phenoxy) is 1. The molecule has 0 radical (unpaired) electrons. The Labute approximate surface area is 129 Å². The number of nitrogens with zero attached hydrogens (tertiary/aromatic N) is 5. The summed E-state index contributed by atoms with van der Waals surface area (Å²) >= 11 is 0. The van der Waals surface area contributed by atoms with Crippen LogP contribution in [0.15, 0.2) is 30.7 Å². The number of rotatable bonds is 2. The van der Waals surface area contributed by atoms with Gasteiger partial charge >= 0.3 is 0 Å². The summed E-state index contributed by atoms with van der Waals surface area (Å²) in [5, 5.41) is 8.47. The van der Waals surface area contributed by atoms with Gasteiger partial charge in [0, 0.05) is 25.2 Å². The van der Waals surface area contributed by atoms with Crippen LogP contribution in [0, 0.1) is 12.8 Å². The highest BCUT2D eigenvalue weighted by molar-refractivity contribution is 5.38. The summed E-state index contributed by atoms with van der Waals surface area (Å²) in [6, 6.07) is 6.02. The van der Waals surface area contributed by atoms with Crippen LogP contribution in [0.3, 0.4) is 0 Å². The quantitative estimate of drug-likeness (QED) is 0.844. The Morgan fingerprint density at radius 1 is 1.23 bits per heavy atom. The lowest BCUT2D eigenvalue weighted by atomic mass is 9.92. The minimum Gasteiger partial charge on any atom is -0.368 e. The van der Waals surface area contributed by atoms with Crippen LogP contribution < -0.4 is 4.90 Å². The minimum absolute atomic E-state index is 0.0991. The van der Waals surface area contributed by atoms with E-state index < -0.39 is 0 Å². The van der Waals surface area contributed by atoms with Gasteiger partial charge in [-0.3, -0.25) is 0 Å². The topological polar surface area (TPSA) is 64.0 Å². The largest absolute Gasteiger partial charge is 0.368 e. The van der Waals surface area contributed by atoms with Gasteiger partial charge in [0.05, 0.1) is 17.5 Å². The average Bonchev–Trinajstić information content (AvgIpc) is 2.99. The molecule has 2 aliphatic rings. The summed E-state index contributed by atoms with van der Waals surface area (Å²) in [6.07, 6.45) is 5.84. The molecule has 4 heterocycles. The van der Waals surface area contributed by atoms with Gasteiger partial charge in [-0.25, -0.2) is 9.97 Å². The molecule has 4 rings (SSSR count). The van der Waals surface area contributed by atoms with Gasteiger partial charge in [0.2, 0.25) is 0 Å². The minimum atomic E-state index is 0.0991. The summed E-state index contributed by atoms with van der Waals surface area (Å²) in [4.78, 5) is 10.6. The Balaban J connectivity index is 1.46. The summed E-state index contributed by atoms with van der Waals surface area (Å²) in [7, 11) is 0. The van der Waals surface area contributed by atoms with Crippen LogP contribution in [0.1, 0.15) is 30.3 Å². The second-order valence-corrected chi connectivity index (χ2v) is 6.06. The number of fused-ring (bicyclic) bond motifs is 1. The Kier molecular flexibility index (Phi) is 3.46. The fourth-order valence-corrected chi connectivity index (χ4v) is 3.41. The molecule has 0 unspecified atom stereocenters. The maximum Gasteiger partial charge on any atom is 0.151 e. The van der Waals surface area contributed by atoms with Gasteiger partial charge in [-0.1, -0.05) is 0 Å². The van der Waals surface area contributed by atoms with E-state index in [-0.39, 0.29) is 6.10 Å². The molecule has 0 spiro atoms. The van der Waals surface area contributed by atoms with Gasteiger partial charge < -0.3 is 9.64 Å². The lowest BCUT2D eigenvalue weighted by molar-refractivity contribution is 0.0232. The summed E-state index contributed by atoms with van der Waals surface area (Å²) in [5.41, 5.74) is 1.94. The van der Waals surface area contributed by atoms with Crippen molar-refractivity contribution in [2.45, 2.75) is 32.0 Å². The van der Waals surface area contributed by atoms with Gasteiger partial charge in [0.25, 0.3) is 0 Å². The maximum absolute atomic E-state index is 6.20. The molecule has 0 saturated carbocycles. The van der Waals surface area contributed by atoms with E-state index in [9.17, 15) is 0 Å². The summed E-state index contributed by atoms with van der Waals surface area (Å²) in [5.74, 6) is 1.49. The van der Waals surface area contributed by atoms with Gasteiger partial charge in [-0.2, -0.15) is 5.10 Å². The Bertz CT molecular complexity index is 633. The van der Waals surface area contributed by atoms with E-state index in [1.54, 1.807) is 12.5 Å². The van der Waals surface area contributed by atoms with E-state index >= 15 is 0 Å². The third-order valence-corrected chi connectivity index (χ3v) is 4.56. The molecule has 2 aromatic rings. The van der Waals surface area contributed by atoms with Gasteiger partial charge in [0.15, 0.2) is 5.82 Å². The maximum atomic E-state index is 6.20. The zero-order valence-electron chi connectivity index (χ0n) is 12.6. The number of aryl methyl sites for hydroxylation is 1. The third-order valence-electron chi connectivity index (χ3n) is 4.56. The van der Waals surface area contributed by atoms with Crippen molar-refractivity contribution < 1.29 is 4.74 Å². The first-order chi connectivity index (χ1) is 10.8. The lowest BCUT2D eigenvalue weighted by Crippen LogP contribution is -2.41. The summed E-state index contributed by atoms with van der Waals surface area (Å²) in [6.45, 7) is 3.90. The fraction of sp³-hybridized carbons (Fsp3) is 0.500. The van der Waals surface area contributed by atoms with E-state index in [1.165, 1.54) is 0 Å². The molecule has 114 valence electrons. The smallest absolute Gasteiger partial charge is 0.151 e. The Morgan fingerprint density at radius 2 is 2.18 bits per heavy atom. The van der Waals surface area contributed by atoms with Gasteiger partial charge in [-0.15, -0.1) is 5.10 Å². The van der Waals surface area contributed by atoms with E-state index in [0.29, 0.717) is 12.0 Å². The first-order valence-corrected chi connectivity index (χ1v) is 7.76. The van der Waals surface area contributed by atoms with Crippen LogP contribution in [0.25, 0.3) is 0 Å². The lowest BCUT2D eigenvalue weighted by Gasteiger charge is -2.34. The third kappa shape index (κ3) is 2.54. The second-order valence-electron chi connectivity index (χ2n) is 6.06. The molecule has 22 heavy (non-hydrogen) atoms. The van der Waals surface area contributed by atoms with Crippen LogP contribution in [-0.2, 0) is 4.74 Å². The van der Waals surface area contributed by atoms with Crippen molar-refractivity contribution in [3.63, 3.8) is 0 Å². The molecule has 2 fully saturated rings. The van der Waals surface area contributed by atoms with Crippen molar-refractivity contribution in [3.8, 4) is 0 Å². The molecule has 0 aromatic carbocycles. The van der Waals surface area contributed by atoms with Crippen LogP contribution in [0.4, 0.5) is 5.82 Å². The zero-order valence-corrected chi connectivity index (χ0v) is 12.6. The first-order valence-electron chi connectivity index (χ1n) is 7.76. The molecular formula is C16H19N5O. The van der Waals surface area contributed by atoms with Crippen LogP contribution in [0.2, 0.25) is 0 Å². The molecular weight excluding hydrogens is 278 g/mol. The highest BCUT2D eigenvalue weighted by Gasteiger charge is 2.40. The van der Waals surface area contributed by atoms with Crippen molar-refractivity contribution in [1.82, 2.24) is 20.2 Å². The van der Waals surface area contributed by atoms with Crippen molar-refractivity contribution >= 4 is 5.82 Å². The number of aromatic nitrogens is 4. The van der Waals surface area contributed by atoms with Gasteiger partial charge in [-0.05, 0) is 38.0 Å². The van der Waals surface area contributed by atoms with Crippen LogP contribution in [0.5, 0.6) is 0 Å². The van der Waals surface area contributed by atoms with E-state index in [1.807, 2.05) is 19.1 Å². The van der Waals surface area contributed by atoms with E-state index in [2.05, 4.69) is 31.1 Å². The average molecular weight is 297 g/mol. The number of anilines is 1. The zero-order chi connectivity index (χ0) is 14.9. The second kappa shape index (κ2) is 5.61. The Hall–Kier alpha value is -2.08. The standard InChI is InChI=1S/C16H19N5O/c1-11-2-3-16(20-19-11)21-7-5-14-12(9-21)8-15(22-14)13-4-6-17-10-18-13/h2-4,6,10,12,14-15H,5,7-9H2,1H3/t12-,14-,15+/m0/s1. The molecule has 0 N–H and O–H groups in total. The Morgan fingerprint density at radius 3 is 2.95 bits per heavy atom.